The molecule has 148 valence electrons. The molecular weight excluding hydrogens is 340 g/mol. The van der Waals surface area contributed by atoms with Crippen LogP contribution in [0.15, 0.2) is 11.6 Å². The quantitative estimate of drug-likeness (QED) is 0.378. The fourth-order valence-corrected chi connectivity index (χ4v) is 2.25. The van der Waals surface area contributed by atoms with Crippen molar-refractivity contribution in [3.05, 3.63) is 11.6 Å². The van der Waals surface area contributed by atoms with E-state index < -0.39 is 0 Å². The van der Waals surface area contributed by atoms with Crippen molar-refractivity contribution in [2.75, 3.05) is 19.9 Å². The standard InChI is InChI=1S/C12H19NO4.C4H5NO2.C2H6/c1-10-8-11(15)13(12(10)16)6-4-2-3-5-7-17-9-14;6-3-1-2-4(7)5-3;1-2/h8,14H,2-7,9H2,1H3;1-2H2,(H,5,6,7);1-2H3. The largest absolute Gasteiger partial charge is 0.371 e. The van der Waals surface area contributed by atoms with Crippen LogP contribution in [0.2, 0.25) is 0 Å². The van der Waals surface area contributed by atoms with E-state index in [4.69, 9.17) is 9.84 Å². The van der Waals surface area contributed by atoms with E-state index in [2.05, 4.69) is 5.32 Å². The van der Waals surface area contributed by atoms with E-state index in [0.29, 0.717) is 31.6 Å². The van der Waals surface area contributed by atoms with Gasteiger partial charge in [-0.25, -0.2) is 0 Å². The van der Waals surface area contributed by atoms with Gasteiger partial charge in [0.25, 0.3) is 11.8 Å². The van der Waals surface area contributed by atoms with Gasteiger partial charge in [-0.3, -0.25) is 29.4 Å². The van der Waals surface area contributed by atoms with Crippen molar-refractivity contribution in [3.63, 3.8) is 0 Å². The summed E-state index contributed by atoms with van der Waals surface area (Å²) in [6, 6.07) is 0. The van der Waals surface area contributed by atoms with Crippen LogP contribution >= 0.6 is 0 Å². The van der Waals surface area contributed by atoms with E-state index >= 15 is 0 Å². The average molecular weight is 370 g/mol. The molecule has 8 heteroatoms. The summed E-state index contributed by atoms with van der Waals surface area (Å²) in [6.07, 6.45) is 5.76. The molecule has 0 aliphatic carbocycles. The zero-order chi connectivity index (χ0) is 19.9. The molecule has 1 fully saturated rings. The Hall–Kier alpha value is -2.06. The van der Waals surface area contributed by atoms with Crippen molar-refractivity contribution in [1.29, 1.82) is 0 Å². The Morgan fingerprint density at radius 2 is 1.62 bits per heavy atom. The molecule has 2 heterocycles. The van der Waals surface area contributed by atoms with Crippen molar-refractivity contribution in [1.82, 2.24) is 10.2 Å². The predicted molar refractivity (Wildman–Crippen MR) is 95.7 cm³/mol. The van der Waals surface area contributed by atoms with Crippen LogP contribution in [0.3, 0.4) is 0 Å². The van der Waals surface area contributed by atoms with E-state index in [-0.39, 0.29) is 30.4 Å². The number of rotatable bonds is 8. The van der Waals surface area contributed by atoms with Gasteiger partial charge in [-0.05, 0) is 19.8 Å². The van der Waals surface area contributed by atoms with Crippen molar-refractivity contribution >= 4 is 23.6 Å². The lowest BCUT2D eigenvalue weighted by molar-refractivity contribution is -0.137. The van der Waals surface area contributed by atoms with Crippen LogP contribution in [0.4, 0.5) is 0 Å². The number of aliphatic hydroxyl groups is 1. The number of hydrogen-bond donors (Lipinski definition) is 2. The second-order valence-corrected chi connectivity index (χ2v) is 5.55. The third-order valence-electron chi connectivity index (χ3n) is 3.56. The number of unbranched alkanes of at least 4 members (excludes halogenated alkanes) is 3. The molecule has 0 saturated carbocycles. The fraction of sp³-hybridized carbons (Fsp3) is 0.667. The molecule has 0 unspecified atom stereocenters. The molecule has 2 aliphatic rings. The van der Waals surface area contributed by atoms with Crippen molar-refractivity contribution in [3.8, 4) is 0 Å². The van der Waals surface area contributed by atoms with E-state index in [1.54, 1.807) is 6.92 Å². The minimum absolute atomic E-state index is 0.148. The topological polar surface area (TPSA) is 113 Å². The third kappa shape index (κ3) is 9.43. The van der Waals surface area contributed by atoms with Gasteiger partial charge < -0.3 is 9.84 Å². The number of nitrogens with zero attached hydrogens (tertiary/aromatic N) is 1. The summed E-state index contributed by atoms with van der Waals surface area (Å²) in [5.41, 5.74) is 0.520. The van der Waals surface area contributed by atoms with Gasteiger partial charge in [-0.15, -0.1) is 0 Å². The molecule has 2 N–H and O–H groups in total. The Labute approximate surface area is 154 Å². The highest BCUT2D eigenvalue weighted by Gasteiger charge is 2.27. The minimum atomic E-state index is -0.234. The lowest BCUT2D eigenvalue weighted by atomic mass is 10.2. The summed E-state index contributed by atoms with van der Waals surface area (Å²) < 4.78 is 4.79. The van der Waals surface area contributed by atoms with Crippen molar-refractivity contribution in [2.24, 2.45) is 0 Å². The van der Waals surface area contributed by atoms with Crippen molar-refractivity contribution < 1.29 is 29.0 Å². The highest BCUT2D eigenvalue weighted by atomic mass is 16.6. The zero-order valence-electron chi connectivity index (χ0n) is 15.9. The van der Waals surface area contributed by atoms with E-state index in [1.807, 2.05) is 13.8 Å². The van der Waals surface area contributed by atoms with E-state index in [0.717, 1.165) is 25.7 Å². The summed E-state index contributed by atoms with van der Waals surface area (Å²) in [5.74, 6) is -0.662. The van der Waals surface area contributed by atoms with Crippen LogP contribution in [0.5, 0.6) is 0 Å². The Morgan fingerprint density at radius 3 is 2.04 bits per heavy atom. The Balaban J connectivity index is 0.000000575. The summed E-state index contributed by atoms with van der Waals surface area (Å²) in [6.45, 7) is 6.47. The zero-order valence-corrected chi connectivity index (χ0v) is 15.9. The first kappa shape index (κ1) is 23.9. The van der Waals surface area contributed by atoms with Crippen LogP contribution in [0, 0.1) is 0 Å². The van der Waals surface area contributed by atoms with Gasteiger partial charge in [-0.1, -0.05) is 26.7 Å². The molecule has 0 spiro atoms. The molecule has 4 amide bonds. The Kier molecular flexibility index (Phi) is 13.0. The molecule has 2 aliphatic heterocycles. The van der Waals surface area contributed by atoms with Gasteiger partial charge >= 0.3 is 0 Å². The molecule has 0 bridgehead atoms. The summed E-state index contributed by atoms with van der Waals surface area (Å²) >= 11 is 0. The summed E-state index contributed by atoms with van der Waals surface area (Å²) in [7, 11) is 0. The summed E-state index contributed by atoms with van der Waals surface area (Å²) in [5, 5.41) is 10.5. The molecule has 0 aromatic rings. The number of ether oxygens (including phenoxy) is 1. The first-order valence-electron chi connectivity index (χ1n) is 9.01. The number of imide groups is 2. The SMILES string of the molecule is CC.CC1=CC(=O)N(CCCCCCOCO)C1=O.O=C1CCC(=O)N1. The molecule has 0 radical (unpaired) electrons. The van der Waals surface area contributed by atoms with Crippen molar-refractivity contribution in [2.45, 2.75) is 59.3 Å². The average Bonchev–Trinajstić information content (AvgIpc) is 3.12. The highest BCUT2D eigenvalue weighted by Crippen LogP contribution is 2.13. The van der Waals surface area contributed by atoms with Gasteiger partial charge in [-0.2, -0.15) is 0 Å². The Bertz CT molecular complexity index is 502. The van der Waals surface area contributed by atoms with Gasteiger partial charge in [0.2, 0.25) is 11.8 Å². The molecule has 0 aromatic carbocycles. The number of carbonyl (C=O) groups is 4. The van der Waals surface area contributed by atoms with Crippen LogP contribution in [-0.2, 0) is 23.9 Å². The highest BCUT2D eigenvalue weighted by molar-refractivity contribution is 6.15. The molecule has 0 aromatic heterocycles. The molecule has 2 rings (SSSR count). The first-order valence-corrected chi connectivity index (χ1v) is 9.01. The van der Waals surface area contributed by atoms with Crippen LogP contribution in [-0.4, -0.2) is 53.6 Å². The smallest absolute Gasteiger partial charge is 0.256 e. The molecular formula is C18H30N2O6. The number of aliphatic hydroxyl groups excluding tert-OH is 1. The first-order chi connectivity index (χ1) is 12.5. The maximum Gasteiger partial charge on any atom is 0.256 e. The maximum atomic E-state index is 11.5. The minimum Gasteiger partial charge on any atom is -0.371 e. The lowest BCUT2D eigenvalue weighted by Crippen LogP contribution is -2.31. The van der Waals surface area contributed by atoms with E-state index in [1.165, 1.54) is 11.0 Å². The Morgan fingerprint density at radius 1 is 1.04 bits per heavy atom. The molecule has 1 saturated heterocycles. The van der Waals surface area contributed by atoms with Crippen LogP contribution < -0.4 is 5.32 Å². The maximum absolute atomic E-state index is 11.5. The van der Waals surface area contributed by atoms with Crippen LogP contribution in [0.1, 0.15) is 59.3 Å². The number of amides is 4. The second kappa shape index (κ2) is 14.1. The fourth-order valence-electron chi connectivity index (χ4n) is 2.25. The molecule has 26 heavy (non-hydrogen) atoms. The summed E-state index contributed by atoms with van der Waals surface area (Å²) in [4.78, 5) is 44.4. The monoisotopic (exact) mass is 370 g/mol. The van der Waals surface area contributed by atoms with E-state index in [9.17, 15) is 19.2 Å². The molecule has 0 atom stereocenters. The lowest BCUT2D eigenvalue weighted by Gasteiger charge is -2.13. The number of nitrogens with one attached hydrogen (secondary N) is 1. The second-order valence-electron chi connectivity index (χ2n) is 5.55. The van der Waals surface area contributed by atoms with Gasteiger partial charge in [0.1, 0.15) is 6.79 Å². The van der Waals surface area contributed by atoms with Gasteiger partial charge in [0.05, 0.1) is 0 Å². The number of hydrogen-bond acceptors (Lipinski definition) is 6. The third-order valence-corrected chi connectivity index (χ3v) is 3.56. The predicted octanol–water partition coefficient (Wildman–Crippen LogP) is 1.28. The normalized spacial score (nSPS) is 15.8. The van der Waals surface area contributed by atoms with Crippen LogP contribution in [0.25, 0.3) is 0 Å². The molecule has 8 nitrogen and oxygen atoms in total. The number of carbonyl (C=O) groups excluding carboxylic acids is 4. The van der Waals surface area contributed by atoms with Gasteiger partial charge in [0.15, 0.2) is 0 Å². The van der Waals surface area contributed by atoms with Gasteiger partial charge in [0, 0.05) is 37.6 Å².